The monoisotopic (exact) mass is 567 g/mol. The maximum Gasteiger partial charge on any atom is 0.410 e. The largest absolute Gasteiger partial charge is 0.444 e. The minimum atomic E-state index is -4.24. The van der Waals surface area contributed by atoms with Gasteiger partial charge < -0.3 is 14.5 Å². The number of thiophene rings is 1. The Bertz CT molecular complexity index is 1180. The fourth-order valence-electron chi connectivity index (χ4n) is 6.84. The van der Waals surface area contributed by atoms with E-state index in [0.717, 1.165) is 81.1 Å². The van der Waals surface area contributed by atoms with Gasteiger partial charge in [-0.2, -0.15) is 13.2 Å². The molecule has 5 heterocycles. The molecule has 3 aliphatic rings. The van der Waals surface area contributed by atoms with Crippen molar-refractivity contribution in [3.63, 3.8) is 0 Å². The van der Waals surface area contributed by atoms with E-state index in [4.69, 9.17) is 4.74 Å². The van der Waals surface area contributed by atoms with Gasteiger partial charge in [0, 0.05) is 55.6 Å². The third-order valence-electron chi connectivity index (χ3n) is 8.33. The molecule has 3 aliphatic heterocycles. The molecule has 0 radical (unpaired) electrons. The first-order valence-electron chi connectivity index (χ1n) is 14.0. The molecule has 3 fully saturated rings. The number of rotatable bonds is 5. The molecule has 0 aromatic carbocycles. The van der Waals surface area contributed by atoms with Crippen LogP contribution in [0.3, 0.4) is 0 Å². The van der Waals surface area contributed by atoms with E-state index in [1.807, 2.05) is 25.7 Å². The number of ether oxygens (including phenoxy) is 1. The number of hydrogen-bond donors (Lipinski definition) is 0. The number of aromatic nitrogens is 2. The summed E-state index contributed by atoms with van der Waals surface area (Å²) < 4.78 is 44.5. The number of piperidine rings is 1. The van der Waals surface area contributed by atoms with Crippen molar-refractivity contribution in [3.05, 3.63) is 17.3 Å². The average Bonchev–Trinajstić information content (AvgIpc) is 3.41. The number of carbonyl (C=O) groups is 1. The van der Waals surface area contributed by atoms with Gasteiger partial charge in [0.1, 0.15) is 22.6 Å². The Labute approximate surface area is 232 Å². The van der Waals surface area contributed by atoms with Crippen molar-refractivity contribution in [1.29, 1.82) is 0 Å². The Kier molecular flexibility index (Phi) is 7.54. The third-order valence-corrected chi connectivity index (χ3v) is 9.37. The van der Waals surface area contributed by atoms with Crippen LogP contribution in [0.2, 0.25) is 0 Å². The van der Waals surface area contributed by atoms with E-state index in [0.29, 0.717) is 22.7 Å². The van der Waals surface area contributed by atoms with E-state index in [1.165, 1.54) is 6.33 Å². The molecule has 7 nitrogen and oxygen atoms in total. The zero-order chi connectivity index (χ0) is 28.2. The van der Waals surface area contributed by atoms with E-state index < -0.39 is 18.2 Å². The molecular formula is C28H40F3N5O2S. The van der Waals surface area contributed by atoms with Gasteiger partial charge in [0.15, 0.2) is 0 Å². The molecule has 1 atom stereocenters. The Balaban J connectivity index is 1.20. The summed E-state index contributed by atoms with van der Waals surface area (Å²) in [6, 6.07) is 2.09. The van der Waals surface area contributed by atoms with E-state index >= 15 is 0 Å². The number of carbonyl (C=O) groups excluding carboxylic acids is 1. The molecule has 5 rings (SSSR count). The SMILES string of the molecule is CC(C)C(C1CCN(C(=O)OC(C)(C)C)CC1)N1CC2(CCN(c3ncnc4sc(CC(F)(F)F)cc34)C2)C1. The Morgan fingerprint density at radius 3 is 2.44 bits per heavy atom. The first kappa shape index (κ1) is 28.4. The van der Waals surface area contributed by atoms with Gasteiger partial charge in [-0.1, -0.05) is 13.8 Å². The summed E-state index contributed by atoms with van der Waals surface area (Å²) in [4.78, 5) is 28.9. The summed E-state index contributed by atoms with van der Waals surface area (Å²) in [6.45, 7) is 15.5. The van der Waals surface area contributed by atoms with Gasteiger partial charge in [-0.15, -0.1) is 11.3 Å². The summed E-state index contributed by atoms with van der Waals surface area (Å²) in [5.41, 5.74) is -0.297. The second-order valence-electron chi connectivity index (χ2n) is 13.0. The molecule has 0 aliphatic carbocycles. The molecule has 0 saturated carbocycles. The fourth-order valence-corrected chi connectivity index (χ4v) is 7.86. The van der Waals surface area contributed by atoms with Gasteiger partial charge in [0.25, 0.3) is 0 Å². The normalized spacial score (nSPS) is 21.7. The Morgan fingerprint density at radius 2 is 1.82 bits per heavy atom. The first-order valence-corrected chi connectivity index (χ1v) is 14.8. The summed E-state index contributed by atoms with van der Waals surface area (Å²) in [7, 11) is 0. The number of halogens is 3. The van der Waals surface area contributed by atoms with E-state index in [9.17, 15) is 18.0 Å². The lowest BCUT2D eigenvalue weighted by Crippen LogP contribution is -2.64. The summed E-state index contributed by atoms with van der Waals surface area (Å²) >= 11 is 1.11. The minimum absolute atomic E-state index is 0.187. The maximum absolute atomic E-state index is 13.0. The molecule has 3 saturated heterocycles. The quantitative estimate of drug-likeness (QED) is 0.443. The lowest BCUT2D eigenvalue weighted by Gasteiger charge is -2.55. The number of nitrogens with zero attached hydrogens (tertiary/aromatic N) is 5. The van der Waals surface area contributed by atoms with Crippen molar-refractivity contribution in [3.8, 4) is 0 Å². The molecule has 39 heavy (non-hydrogen) atoms. The number of amides is 1. The van der Waals surface area contributed by atoms with Gasteiger partial charge >= 0.3 is 12.3 Å². The van der Waals surface area contributed by atoms with Crippen LogP contribution in [0.25, 0.3) is 10.2 Å². The third kappa shape index (κ3) is 6.29. The van der Waals surface area contributed by atoms with E-state index in [1.54, 1.807) is 6.07 Å². The first-order chi connectivity index (χ1) is 18.2. The topological polar surface area (TPSA) is 61.8 Å². The van der Waals surface area contributed by atoms with Gasteiger partial charge in [-0.25, -0.2) is 14.8 Å². The van der Waals surface area contributed by atoms with Gasteiger partial charge in [0.2, 0.25) is 0 Å². The van der Waals surface area contributed by atoms with Crippen LogP contribution in [-0.4, -0.2) is 82.9 Å². The van der Waals surface area contributed by atoms with Crippen molar-refractivity contribution < 1.29 is 22.7 Å². The van der Waals surface area contributed by atoms with Crippen molar-refractivity contribution in [2.24, 2.45) is 17.3 Å². The predicted molar refractivity (Wildman–Crippen MR) is 147 cm³/mol. The van der Waals surface area contributed by atoms with Crippen LogP contribution in [0, 0.1) is 17.3 Å². The second kappa shape index (κ2) is 10.4. The molecular weight excluding hydrogens is 527 g/mol. The fraction of sp³-hybridized carbons (Fsp3) is 0.750. The summed E-state index contributed by atoms with van der Waals surface area (Å²) in [5.74, 6) is 1.81. The molecule has 2 aromatic rings. The van der Waals surface area contributed by atoms with E-state index in [2.05, 4.69) is 33.6 Å². The van der Waals surface area contributed by atoms with Gasteiger partial charge in [-0.3, -0.25) is 4.90 Å². The minimum Gasteiger partial charge on any atom is -0.444 e. The molecule has 2 aromatic heterocycles. The highest BCUT2D eigenvalue weighted by Crippen LogP contribution is 2.46. The summed E-state index contributed by atoms with van der Waals surface area (Å²) in [6.07, 6.45) is -0.894. The molecule has 1 spiro atoms. The maximum atomic E-state index is 13.0. The van der Waals surface area contributed by atoms with Crippen molar-refractivity contribution >= 4 is 33.5 Å². The number of likely N-dealkylation sites (tertiary alicyclic amines) is 2. The zero-order valence-electron chi connectivity index (χ0n) is 23.6. The molecule has 11 heteroatoms. The van der Waals surface area contributed by atoms with Crippen LogP contribution in [0.1, 0.15) is 58.8 Å². The zero-order valence-corrected chi connectivity index (χ0v) is 24.4. The highest BCUT2D eigenvalue weighted by atomic mass is 32.1. The van der Waals surface area contributed by atoms with Crippen molar-refractivity contribution in [2.75, 3.05) is 44.2 Å². The standard InChI is InChI=1S/C28H40F3N5O2S/c1-18(2)22(19-6-9-34(10-7-19)25(37)38-26(3,4)5)36-15-27(16-36)8-11-35(14-27)23-21-12-20(13-28(29,30)31)39-24(21)33-17-32-23/h12,17-19,22H,6-11,13-16H2,1-5H3. The molecule has 1 amide bonds. The molecule has 1 unspecified atom stereocenters. The van der Waals surface area contributed by atoms with Crippen molar-refractivity contribution in [1.82, 2.24) is 19.8 Å². The smallest absolute Gasteiger partial charge is 0.410 e. The number of anilines is 1. The molecule has 0 bridgehead atoms. The highest BCUT2D eigenvalue weighted by Gasteiger charge is 2.51. The van der Waals surface area contributed by atoms with Crippen LogP contribution in [0.5, 0.6) is 0 Å². The van der Waals surface area contributed by atoms with Gasteiger partial charge in [0.05, 0.1) is 11.8 Å². The van der Waals surface area contributed by atoms with Crippen LogP contribution < -0.4 is 4.90 Å². The average molecular weight is 568 g/mol. The van der Waals surface area contributed by atoms with E-state index in [-0.39, 0.29) is 16.4 Å². The Morgan fingerprint density at radius 1 is 1.13 bits per heavy atom. The van der Waals surface area contributed by atoms with Crippen LogP contribution in [-0.2, 0) is 11.2 Å². The van der Waals surface area contributed by atoms with Crippen molar-refractivity contribution in [2.45, 2.75) is 78.1 Å². The number of fused-ring (bicyclic) bond motifs is 1. The predicted octanol–water partition coefficient (Wildman–Crippen LogP) is 5.98. The van der Waals surface area contributed by atoms with Crippen LogP contribution in [0.4, 0.5) is 23.8 Å². The number of alkyl halides is 3. The van der Waals surface area contributed by atoms with Crippen LogP contribution in [0.15, 0.2) is 12.4 Å². The second-order valence-corrected chi connectivity index (χ2v) is 14.2. The Hall–Kier alpha value is -2.14. The highest BCUT2D eigenvalue weighted by molar-refractivity contribution is 7.18. The molecule has 0 N–H and O–H groups in total. The lowest BCUT2D eigenvalue weighted by atomic mass is 9.73. The lowest BCUT2D eigenvalue weighted by molar-refractivity contribution is -0.126. The van der Waals surface area contributed by atoms with Gasteiger partial charge in [-0.05, 0) is 57.9 Å². The van der Waals surface area contributed by atoms with Crippen LogP contribution >= 0.6 is 11.3 Å². The number of hydrogen-bond acceptors (Lipinski definition) is 7. The summed E-state index contributed by atoms with van der Waals surface area (Å²) in [5, 5.41) is 0.729. The molecule has 216 valence electrons.